The average molecular weight is 270 g/mol. The predicted octanol–water partition coefficient (Wildman–Crippen LogP) is 4.67. The van der Waals surface area contributed by atoms with Gasteiger partial charge in [0.25, 0.3) is 0 Å². The second-order valence-electron chi connectivity index (χ2n) is 7.28. The summed E-state index contributed by atoms with van der Waals surface area (Å²) >= 11 is 0. The summed E-state index contributed by atoms with van der Waals surface area (Å²) in [6, 6.07) is 0. The first-order valence-electron chi connectivity index (χ1n) is 8.05. The fraction of sp³-hybridized carbons (Fsp3) is 1.00. The third-order valence-electron chi connectivity index (χ3n) is 4.83. The van der Waals surface area contributed by atoms with Crippen LogP contribution < -0.4 is 0 Å². The lowest BCUT2D eigenvalue weighted by Gasteiger charge is -2.30. The van der Waals surface area contributed by atoms with Crippen molar-refractivity contribution in [1.82, 2.24) is 0 Å². The van der Waals surface area contributed by atoms with Crippen LogP contribution in [0.15, 0.2) is 0 Å². The van der Waals surface area contributed by atoms with Crippen LogP contribution in [0.1, 0.15) is 66.2 Å². The average Bonchev–Trinajstić information content (AvgIpc) is 2.85. The number of ether oxygens (including phenoxy) is 2. The molecule has 0 saturated carbocycles. The van der Waals surface area contributed by atoms with Gasteiger partial charge in [0, 0.05) is 20.3 Å². The minimum absolute atomic E-state index is 0.421. The SMILES string of the molecule is COCCC(C)C(C)CCC(C)(C)CC1CCCO1. The van der Waals surface area contributed by atoms with Crippen molar-refractivity contribution in [2.75, 3.05) is 20.3 Å². The Morgan fingerprint density at radius 2 is 1.89 bits per heavy atom. The zero-order valence-electron chi connectivity index (χ0n) is 13.7. The van der Waals surface area contributed by atoms with Crippen LogP contribution in [0.4, 0.5) is 0 Å². The Labute approximate surface area is 120 Å². The molecule has 1 rings (SSSR count). The van der Waals surface area contributed by atoms with Crippen LogP contribution >= 0.6 is 0 Å². The van der Waals surface area contributed by atoms with E-state index < -0.39 is 0 Å². The van der Waals surface area contributed by atoms with E-state index in [2.05, 4.69) is 27.7 Å². The lowest BCUT2D eigenvalue weighted by Crippen LogP contribution is -2.22. The Morgan fingerprint density at radius 1 is 1.21 bits per heavy atom. The molecule has 0 bridgehead atoms. The molecule has 3 atom stereocenters. The van der Waals surface area contributed by atoms with Crippen LogP contribution in [0, 0.1) is 17.3 Å². The second-order valence-corrected chi connectivity index (χ2v) is 7.28. The third-order valence-corrected chi connectivity index (χ3v) is 4.83. The highest BCUT2D eigenvalue weighted by Gasteiger charge is 2.27. The molecule has 2 heteroatoms. The van der Waals surface area contributed by atoms with Gasteiger partial charge in [0.15, 0.2) is 0 Å². The van der Waals surface area contributed by atoms with Gasteiger partial charge in [-0.3, -0.25) is 0 Å². The summed E-state index contributed by atoms with van der Waals surface area (Å²) < 4.78 is 11.0. The van der Waals surface area contributed by atoms with Crippen LogP contribution in [-0.2, 0) is 9.47 Å². The Morgan fingerprint density at radius 3 is 2.47 bits per heavy atom. The summed E-state index contributed by atoms with van der Waals surface area (Å²) in [4.78, 5) is 0. The fourth-order valence-electron chi connectivity index (χ4n) is 3.01. The van der Waals surface area contributed by atoms with Gasteiger partial charge < -0.3 is 9.47 Å². The van der Waals surface area contributed by atoms with E-state index in [1.165, 1.54) is 38.5 Å². The first-order valence-corrected chi connectivity index (χ1v) is 8.05. The van der Waals surface area contributed by atoms with Gasteiger partial charge in [-0.05, 0) is 55.8 Å². The van der Waals surface area contributed by atoms with E-state index in [0.29, 0.717) is 11.5 Å². The zero-order chi connectivity index (χ0) is 14.3. The Hall–Kier alpha value is -0.0800. The van der Waals surface area contributed by atoms with Crippen LogP contribution in [0.5, 0.6) is 0 Å². The van der Waals surface area contributed by atoms with Crippen molar-refractivity contribution < 1.29 is 9.47 Å². The van der Waals surface area contributed by atoms with Gasteiger partial charge in [0.05, 0.1) is 6.10 Å². The van der Waals surface area contributed by atoms with Crippen molar-refractivity contribution in [3.63, 3.8) is 0 Å². The van der Waals surface area contributed by atoms with Crippen LogP contribution in [0.2, 0.25) is 0 Å². The van der Waals surface area contributed by atoms with Gasteiger partial charge in [0.1, 0.15) is 0 Å². The first kappa shape index (κ1) is 17.0. The molecular weight excluding hydrogens is 236 g/mol. The minimum Gasteiger partial charge on any atom is -0.385 e. The quantitative estimate of drug-likeness (QED) is 0.606. The van der Waals surface area contributed by atoms with E-state index in [-0.39, 0.29) is 0 Å². The number of hydrogen-bond acceptors (Lipinski definition) is 2. The summed E-state index contributed by atoms with van der Waals surface area (Å²) in [5, 5.41) is 0. The van der Waals surface area contributed by atoms with Crippen molar-refractivity contribution >= 4 is 0 Å². The molecule has 0 N–H and O–H groups in total. The van der Waals surface area contributed by atoms with E-state index in [1.54, 1.807) is 7.11 Å². The van der Waals surface area contributed by atoms with Gasteiger partial charge in [-0.25, -0.2) is 0 Å². The lowest BCUT2D eigenvalue weighted by atomic mass is 9.77. The third kappa shape index (κ3) is 6.76. The van der Waals surface area contributed by atoms with E-state index >= 15 is 0 Å². The van der Waals surface area contributed by atoms with E-state index in [4.69, 9.17) is 9.47 Å². The maximum absolute atomic E-state index is 5.78. The van der Waals surface area contributed by atoms with Crippen molar-refractivity contribution in [3.8, 4) is 0 Å². The van der Waals surface area contributed by atoms with Gasteiger partial charge in [-0.15, -0.1) is 0 Å². The molecule has 0 aromatic heterocycles. The molecule has 1 heterocycles. The molecule has 114 valence electrons. The topological polar surface area (TPSA) is 18.5 Å². The zero-order valence-corrected chi connectivity index (χ0v) is 13.7. The van der Waals surface area contributed by atoms with E-state index in [1.807, 2.05) is 0 Å². The standard InChI is InChI=1S/C17H34O2/c1-14(15(2)9-12-18-5)8-10-17(3,4)13-16-7-6-11-19-16/h14-16H,6-13H2,1-5H3. The Balaban J connectivity index is 2.24. The Kier molecular flexibility index (Phi) is 7.38. The smallest absolute Gasteiger partial charge is 0.0581 e. The largest absolute Gasteiger partial charge is 0.385 e. The Bertz CT molecular complexity index is 231. The molecule has 3 unspecified atom stereocenters. The molecule has 0 radical (unpaired) electrons. The van der Waals surface area contributed by atoms with Crippen molar-refractivity contribution in [2.24, 2.45) is 17.3 Å². The monoisotopic (exact) mass is 270 g/mol. The first-order chi connectivity index (χ1) is 8.94. The summed E-state index contributed by atoms with van der Waals surface area (Å²) in [7, 11) is 1.79. The van der Waals surface area contributed by atoms with Gasteiger partial charge in [0.2, 0.25) is 0 Å². The predicted molar refractivity (Wildman–Crippen MR) is 81.4 cm³/mol. The maximum atomic E-state index is 5.78. The molecule has 0 aromatic rings. The second kappa shape index (κ2) is 8.26. The van der Waals surface area contributed by atoms with Crippen LogP contribution in [0.3, 0.4) is 0 Å². The summed E-state index contributed by atoms with van der Waals surface area (Å²) in [6.07, 6.45) is 8.09. The summed E-state index contributed by atoms with van der Waals surface area (Å²) in [6.45, 7) is 11.4. The molecule has 1 fully saturated rings. The molecule has 0 spiro atoms. The molecule has 2 nitrogen and oxygen atoms in total. The summed E-state index contributed by atoms with van der Waals surface area (Å²) in [5.41, 5.74) is 0.421. The van der Waals surface area contributed by atoms with Crippen molar-refractivity contribution in [1.29, 1.82) is 0 Å². The number of hydrogen-bond donors (Lipinski definition) is 0. The molecule has 1 aliphatic rings. The van der Waals surface area contributed by atoms with Gasteiger partial charge >= 0.3 is 0 Å². The normalized spacial score (nSPS) is 23.5. The minimum atomic E-state index is 0.421. The highest BCUT2D eigenvalue weighted by Crippen LogP contribution is 2.35. The molecular formula is C17H34O2. The van der Waals surface area contributed by atoms with Crippen molar-refractivity contribution in [2.45, 2.75) is 72.3 Å². The molecule has 19 heavy (non-hydrogen) atoms. The highest BCUT2D eigenvalue weighted by molar-refractivity contribution is 4.78. The highest BCUT2D eigenvalue weighted by atomic mass is 16.5. The van der Waals surface area contributed by atoms with Crippen LogP contribution in [-0.4, -0.2) is 26.4 Å². The van der Waals surface area contributed by atoms with Gasteiger partial charge in [-0.2, -0.15) is 0 Å². The van der Waals surface area contributed by atoms with E-state index in [0.717, 1.165) is 25.0 Å². The molecule has 1 aliphatic heterocycles. The molecule has 1 saturated heterocycles. The summed E-state index contributed by atoms with van der Waals surface area (Å²) in [5.74, 6) is 1.55. The molecule has 0 aliphatic carbocycles. The molecule has 0 aromatic carbocycles. The fourth-order valence-corrected chi connectivity index (χ4v) is 3.01. The van der Waals surface area contributed by atoms with Crippen LogP contribution in [0.25, 0.3) is 0 Å². The lowest BCUT2D eigenvalue weighted by molar-refractivity contribution is 0.0656. The molecule has 0 amide bonds. The van der Waals surface area contributed by atoms with E-state index in [9.17, 15) is 0 Å². The maximum Gasteiger partial charge on any atom is 0.0581 e. The van der Waals surface area contributed by atoms with Crippen molar-refractivity contribution in [3.05, 3.63) is 0 Å². The van der Waals surface area contributed by atoms with Gasteiger partial charge in [-0.1, -0.05) is 27.7 Å². The number of methoxy groups -OCH3 is 1. The number of rotatable bonds is 9.